The molecule has 8 heteroatoms. The zero-order valence-electron chi connectivity index (χ0n) is 16.6. The minimum atomic E-state index is -0.506. The molecule has 0 bridgehead atoms. The van der Waals surface area contributed by atoms with Crippen LogP contribution in [-0.4, -0.2) is 36.2 Å². The van der Waals surface area contributed by atoms with E-state index in [1.165, 1.54) is 11.8 Å². The van der Waals surface area contributed by atoms with Crippen LogP contribution in [-0.2, 0) is 9.53 Å². The Labute approximate surface area is 169 Å². The molecule has 28 heavy (non-hydrogen) atoms. The van der Waals surface area contributed by atoms with Crippen LogP contribution < -0.4 is 10.6 Å². The Hall–Kier alpha value is -2.92. The maximum absolute atomic E-state index is 12.9. The number of hydrogen-bond acceptors (Lipinski definition) is 8. The topological polar surface area (TPSA) is 95.0 Å². The molecular weight excluding hydrogens is 374 g/mol. The highest BCUT2D eigenvalue weighted by molar-refractivity contribution is 8.17. The first-order chi connectivity index (χ1) is 13.2. The predicted molar refractivity (Wildman–Crippen MR) is 111 cm³/mol. The number of carbonyl (C=O) groups excluding carboxylic acids is 1. The number of hydrogen-bond donors (Lipinski definition) is 1. The number of esters is 1. The molecule has 0 spiro atoms. The molecule has 2 N–H and O–H groups in total. The van der Waals surface area contributed by atoms with Crippen molar-refractivity contribution in [2.75, 3.05) is 19.0 Å². The summed E-state index contributed by atoms with van der Waals surface area (Å²) in [6, 6.07) is 9.49. The Morgan fingerprint density at radius 2 is 2.00 bits per heavy atom. The molecule has 0 saturated heterocycles. The molecule has 146 valence electrons. The standard InChI is InChI=1S/C20H23N5O2S/c1-11(2)27-19(26)16-12(3)23-20-25(18(22)15(10-21)28-20)17(16)13-6-8-14(9-7-13)24(4)5/h6-9,11,17H,22H2,1-5H3/t17-/m1/s1. The molecule has 0 amide bonds. The van der Waals surface area contributed by atoms with Gasteiger partial charge in [-0.05, 0) is 50.2 Å². The number of anilines is 1. The first kappa shape index (κ1) is 19.8. The van der Waals surface area contributed by atoms with Gasteiger partial charge in [0.2, 0.25) is 0 Å². The van der Waals surface area contributed by atoms with Gasteiger partial charge in [-0.3, -0.25) is 4.90 Å². The average molecular weight is 398 g/mol. The summed E-state index contributed by atoms with van der Waals surface area (Å²) < 4.78 is 5.48. The number of amidine groups is 1. The monoisotopic (exact) mass is 397 g/mol. The smallest absolute Gasteiger partial charge is 0.338 e. The zero-order valence-corrected chi connectivity index (χ0v) is 17.4. The van der Waals surface area contributed by atoms with Crippen molar-refractivity contribution in [3.8, 4) is 6.07 Å². The van der Waals surface area contributed by atoms with Gasteiger partial charge in [0.05, 0.1) is 23.4 Å². The number of fused-ring (bicyclic) bond motifs is 1. The summed E-state index contributed by atoms with van der Waals surface area (Å²) in [5.41, 5.74) is 9.16. The first-order valence-corrected chi connectivity index (χ1v) is 9.71. The lowest BCUT2D eigenvalue weighted by Gasteiger charge is -2.35. The summed E-state index contributed by atoms with van der Waals surface area (Å²) in [6.07, 6.45) is -0.259. The largest absolute Gasteiger partial charge is 0.459 e. The summed E-state index contributed by atoms with van der Waals surface area (Å²) in [6.45, 7) is 5.39. The molecule has 0 unspecified atom stereocenters. The highest BCUT2D eigenvalue weighted by atomic mass is 32.2. The van der Waals surface area contributed by atoms with Crippen molar-refractivity contribution in [1.82, 2.24) is 4.90 Å². The van der Waals surface area contributed by atoms with Gasteiger partial charge in [-0.15, -0.1) is 0 Å². The molecule has 7 nitrogen and oxygen atoms in total. The van der Waals surface area contributed by atoms with Gasteiger partial charge in [0.25, 0.3) is 0 Å². The van der Waals surface area contributed by atoms with Gasteiger partial charge in [0.1, 0.15) is 16.8 Å². The summed E-state index contributed by atoms with van der Waals surface area (Å²) in [7, 11) is 3.93. The van der Waals surface area contributed by atoms with Crippen LogP contribution in [0.15, 0.2) is 51.3 Å². The van der Waals surface area contributed by atoms with E-state index in [9.17, 15) is 10.1 Å². The number of ether oxygens (including phenoxy) is 1. The van der Waals surface area contributed by atoms with Crippen LogP contribution in [0.3, 0.4) is 0 Å². The second-order valence-corrected chi connectivity index (χ2v) is 8.01. The summed E-state index contributed by atoms with van der Waals surface area (Å²) in [5, 5.41) is 9.99. The van der Waals surface area contributed by atoms with Crippen LogP contribution in [0.4, 0.5) is 5.69 Å². The Kier molecular flexibility index (Phi) is 5.38. The van der Waals surface area contributed by atoms with Gasteiger partial charge >= 0.3 is 5.97 Å². The fourth-order valence-electron chi connectivity index (χ4n) is 3.15. The quantitative estimate of drug-likeness (QED) is 0.780. The Morgan fingerprint density at radius 1 is 1.36 bits per heavy atom. The molecule has 1 atom stereocenters. The zero-order chi connectivity index (χ0) is 20.6. The van der Waals surface area contributed by atoms with E-state index in [4.69, 9.17) is 10.5 Å². The highest BCUT2D eigenvalue weighted by Crippen LogP contribution is 2.45. The molecule has 1 aromatic carbocycles. The Balaban J connectivity index is 2.14. The first-order valence-electron chi connectivity index (χ1n) is 8.89. The number of aliphatic imine (C=N–C) groups is 1. The summed E-state index contributed by atoms with van der Waals surface area (Å²) in [5.74, 6) is -0.129. The lowest BCUT2D eigenvalue weighted by molar-refractivity contribution is -0.143. The molecule has 0 aromatic heterocycles. The third-order valence-electron chi connectivity index (χ3n) is 4.47. The number of allylic oxidation sites excluding steroid dienone is 2. The van der Waals surface area contributed by atoms with Crippen molar-refractivity contribution in [2.24, 2.45) is 10.7 Å². The van der Waals surface area contributed by atoms with E-state index in [1.54, 1.807) is 25.7 Å². The fraction of sp³-hybridized carbons (Fsp3) is 0.350. The van der Waals surface area contributed by atoms with Gasteiger partial charge in [0, 0.05) is 19.8 Å². The van der Waals surface area contributed by atoms with Crippen LogP contribution in [0.25, 0.3) is 0 Å². The van der Waals surface area contributed by atoms with Crippen molar-refractivity contribution in [3.63, 3.8) is 0 Å². The number of nitrogens with two attached hydrogens (primary N) is 1. The summed E-state index contributed by atoms with van der Waals surface area (Å²) in [4.78, 5) is 21.6. The molecule has 2 aliphatic heterocycles. The van der Waals surface area contributed by atoms with Gasteiger partial charge in [-0.25, -0.2) is 9.79 Å². The second-order valence-electron chi connectivity index (χ2n) is 7.03. The van der Waals surface area contributed by atoms with Crippen LogP contribution in [0.1, 0.15) is 32.4 Å². The van der Waals surface area contributed by atoms with Crippen molar-refractivity contribution < 1.29 is 9.53 Å². The van der Waals surface area contributed by atoms with Gasteiger partial charge in [0.15, 0.2) is 5.17 Å². The van der Waals surface area contributed by atoms with Crippen molar-refractivity contribution in [1.29, 1.82) is 5.26 Å². The van der Waals surface area contributed by atoms with Crippen LogP contribution >= 0.6 is 11.8 Å². The maximum Gasteiger partial charge on any atom is 0.338 e. The minimum Gasteiger partial charge on any atom is -0.459 e. The normalized spacial score (nSPS) is 18.8. The van der Waals surface area contributed by atoms with E-state index in [0.717, 1.165) is 11.3 Å². The molecule has 3 rings (SSSR count). The predicted octanol–water partition coefficient (Wildman–Crippen LogP) is 3.09. The molecule has 2 heterocycles. The molecule has 0 saturated carbocycles. The van der Waals surface area contributed by atoms with Gasteiger partial charge in [-0.1, -0.05) is 12.1 Å². The lowest BCUT2D eigenvalue weighted by Crippen LogP contribution is -2.39. The number of carbonyl (C=O) groups is 1. The van der Waals surface area contributed by atoms with Crippen molar-refractivity contribution in [3.05, 3.63) is 51.8 Å². The number of rotatable bonds is 4. The van der Waals surface area contributed by atoms with E-state index < -0.39 is 12.0 Å². The van der Waals surface area contributed by atoms with Crippen LogP contribution in [0.2, 0.25) is 0 Å². The Bertz CT molecular complexity index is 938. The summed E-state index contributed by atoms with van der Waals surface area (Å²) >= 11 is 1.22. The minimum absolute atomic E-state index is 0.259. The van der Waals surface area contributed by atoms with E-state index in [1.807, 2.05) is 43.3 Å². The van der Waals surface area contributed by atoms with E-state index in [2.05, 4.69) is 11.1 Å². The van der Waals surface area contributed by atoms with E-state index >= 15 is 0 Å². The Morgan fingerprint density at radius 3 is 2.54 bits per heavy atom. The van der Waals surface area contributed by atoms with Crippen molar-refractivity contribution >= 4 is 28.6 Å². The molecule has 1 aromatic rings. The van der Waals surface area contributed by atoms with Gasteiger partial charge < -0.3 is 15.4 Å². The number of benzene rings is 1. The second kappa shape index (κ2) is 7.60. The SMILES string of the molecule is CC1=C(C(=O)OC(C)C)[C@@H](c2ccc(N(C)C)cc2)N2C(=N1)SC(C#N)=C2N. The number of nitriles is 1. The molecule has 0 fully saturated rings. The molecule has 0 aliphatic carbocycles. The number of nitrogens with zero attached hydrogens (tertiary/aromatic N) is 4. The van der Waals surface area contributed by atoms with Crippen LogP contribution in [0.5, 0.6) is 0 Å². The van der Waals surface area contributed by atoms with E-state index in [-0.39, 0.29) is 6.10 Å². The maximum atomic E-state index is 12.9. The number of thioether (sulfide) groups is 1. The van der Waals surface area contributed by atoms with Crippen molar-refractivity contribution in [2.45, 2.75) is 32.9 Å². The highest BCUT2D eigenvalue weighted by Gasteiger charge is 2.42. The molecule has 0 radical (unpaired) electrons. The lowest BCUT2D eigenvalue weighted by atomic mass is 9.94. The third kappa shape index (κ3) is 3.45. The average Bonchev–Trinajstić information content (AvgIpc) is 2.95. The third-order valence-corrected chi connectivity index (χ3v) is 5.44. The molecule has 2 aliphatic rings. The fourth-order valence-corrected chi connectivity index (χ4v) is 4.07. The van der Waals surface area contributed by atoms with E-state index in [0.29, 0.717) is 27.2 Å². The molecular formula is C20H23N5O2S. The van der Waals surface area contributed by atoms with Gasteiger partial charge in [-0.2, -0.15) is 5.26 Å². The van der Waals surface area contributed by atoms with Crippen LogP contribution in [0, 0.1) is 11.3 Å².